The number of rotatable bonds is 5. The monoisotopic (exact) mass is 336 g/mol. The highest BCUT2D eigenvalue weighted by molar-refractivity contribution is 7.89. The Morgan fingerprint density at radius 3 is 2.52 bits per heavy atom. The Labute approximate surface area is 134 Å². The molecule has 0 unspecified atom stereocenters. The van der Waals surface area contributed by atoms with Gasteiger partial charge in [0, 0.05) is 5.69 Å². The van der Waals surface area contributed by atoms with E-state index in [1.54, 1.807) is 12.1 Å². The first kappa shape index (κ1) is 17.1. The fraction of sp³-hybridized carbons (Fsp3) is 0.188. The molecular formula is C16H17FN2O3S. The smallest absolute Gasteiger partial charge is 0.241 e. The lowest BCUT2D eigenvalue weighted by atomic mass is 10.1. The standard InChI is InChI=1S/C16H17FN2O3S/c1-11-5-3-8-15(12(11)2)19-16(20)10-18-23(21,22)14-7-4-6-13(17)9-14/h3-9,18H,10H2,1-2H3,(H,19,20). The summed E-state index contributed by atoms with van der Waals surface area (Å²) < 4.78 is 39.3. The highest BCUT2D eigenvalue weighted by Crippen LogP contribution is 2.17. The van der Waals surface area contributed by atoms with Crippen LogP contribution in [0.15, 0.2) is 47.4 Å². The maximum atomic E-state index is 13.1. The lowest BCUT2D eigenvalue weighted by Gasteiger charge is -2.11. The summed E-state index contributed by atoms with van der Waals surface area (Å²) in [7, 11) is -3.94. The van der Waals surface area contributed by atoms with Crippen LogP contribution in [-0.4, -0.2) is 20.9 Å². The van der Waals surface area contributed by atoms with Gasteiger partial charge in [-0.25, -0.2) is 17.5 Å². The zero-order chi connectivity index (χ0) is 17.0. The first-order chi connectivity index (χ1) is 10.8. The summed E-state index contributed by atoms with van der Waals surface area (Å²) in [5.74, 6) is -1.16. The molecule has 0 spiro atoms. The van der Waals surface area contributed by atoms with E-state index in [1.165, 1.54) is 12.1 Å². The minimum Gasteiger partial charge on any atom is -0.325 e. The maximum absolute atomic E-state index is 13.1. The number of hydrogen-bond donors (Lipinski definition) is 2. The molecule has 5 nitrogen and oxygen atoms in total. The van der Waals surface area contributed by atoms with Crippen LogP contribution in [0.4, 0.5) is 10.1 Å². The van der Waals surface area contributed by atoms with Gasteiger partial charge < -0.3 is 5.32 Å². The van der Waals surface area contributed by atoms with E-state index in [0.29, 0.717) is 5.69 Å². The third-order valence-corrected chi connectivity index (χ3v) is 4.81. The van der Waals surface area contributed by atoms with Gasteiger partial charge in [-0.1, -0.05) is 18.2 Å². The summed E-state index contributed by atoms with van der Waals surface area (Å²) in [5.41, 5.74) is 2.55. The summed E-state index contributed by atoms with van der Waals surface area (Å²) in [6.45, 7) is 3.34. The molecule has 0 saturated carbocycles. The predicted octanol–water partition coefficient (Wildman–Crippen LogP) is 2.36. The Hall–Kier alpha value is -2.25. The first-order valence-corrected chi connectivity index (χ1v) is 8.39. The molecule has 2 aromatic rings. The third-order valence-electron chi connectivity index (χ3n) is 3.41. The van der Waals surface area contributed by atoms with Crippen LogP contribution in [0.2, 0.25) is 0 Å². The molecule has 23 heavy (non-hydrogen) atoms. The van der Waals surface area contributed by atoms with Gasteiger partial charge in [0.2, 0.25) is 15.9 Å². The fourth-order valence-electron chi connectivity index (χ4n) is 1.96. The van der Waals surface area contributed by atoms with Crippen molar-refractivity contribution in [3.8, 4) is 0 Å². The fourth-order valence-corrected chi connectivity index (χ4v) is 2.97. The summed E-state index contributed by atoms with van der Waals surface area (Å²) >= 11 is 0. The highest BCUT2D eigenvalue weighted by Gasteiger charge is 2.16. The molecule has 122 valence electrons. The molecule has 0 bridgehead atoms. The topological polar surface area (TPSA) is 75.3 Å². The quantitative estimate of drug-likeness (QED) is 0.880. The Balaban J connectivity index is 2.03. The lowest BCUT2D eigenvalue weighted by molar-refractivity contribution is -0.115. The largest absolute Gasteiger partial charge is 0.325 e. The number of amides is 1. The van der Waals surface area contributed by atoms with Gasteiger partial charge in [0.15, 0.2) is 0 Å². The van der Waals surface area contributed by atoms with E-state index < -0.39 is 28.3 Å². The molecule has 0 fully saturated rings. The molecule has 0 atom stereocenters. The van der Waals surface area contributed by atoms with E-state index in [0.717, 1.165) is 23.3 Å². The lowest BCUT2D eigenvalue weighted by Crippen LogP contribution is -2.33. The zero-order valence-electron chi connectivity index (χ0n) is 12.8. The van der Waals surface area contributed by atoms with Gasteiger partial charge in [-0.2, -0.15) is 0 Å². The van der Waals surface area contributed by atoms with Crippen molar-refractivity contribution in [1.29, 1.82) is 0 Å². The van der Waals surface area contributed by atoms with Gasteiger partial charge in [0.1, 0.15) is 5.82 Å². The summed E-state index contributed by atoms with van der Waals surface area (Å²) in [6, 6.07) is 10.0. The molecule has 2 rings (SSSR count). The van der Waals surface area contributed by atoms with Crippen molar-refractivity contribution >= 4 is 21.6 Å². The van der Waals surface area contributed by atoms with E-state index in [4.69, 9.17) is 0 Å². The van der Waals surface area contributed by atoms with Crippen LogP contribution in [-0.2, 0) is 14.8 Å². The van der Waals surface area contributed by atoms with Gasteiger partial charge in [-0.15, -0.1) is 0 Å². The molecule has 0 aliphatic heterocycles. The zero-order valence-corrected chi connectivity index (χ0v) is 13.6. The number of benzene rings is 2. The molecular weight excluding hydrogens is 319 g/mol. The second-order valence-electron chi connectivity index (χ2n) is 5.08. The number of hydrogen-bond acceptors (Lipinski definition) is 3. The van der Waals surface area contributed by atoms with Crippen molar-refractivity contribution < 1.29 is 17.6 Å². The first-order valence-electron chi connectivity index (χ1n) is 6.91. The van der Waals surface area contributed by atoms with Crippen molar-refractivity contribution in [2.75, 3.05) is 11.9 Å². The van der Waals surface area contributed by atoms with Crippen LogP contribution < -0.4 is 10.0 Å². The number of aryl methyl sites for hydroxylation is 1. The van der Waals surface area contributed by atoms with Gasteiger partial charge in [0.25, 0.3) is 0 Å². The van der Waals surface area contributed by atoms with E-state index >= 15 is 0 Å². The van der Waals surface area contributed by atoms with Crippen molar-refractivity contribution in [1.82, 2.24) is 4.72 Å². The molecule has 7 heteroatoms. The molecule has 0 aliphatic rings. The van der Waals surface area contributed by atoms with Crippen molar-refractivity contribution in [3.05, 3.63) is 59.4 Å². The van der Waals surface area contributed by atoms with Gasteiger partial charge >= 0.3 is 0 Å². The van der Waals surface area contributed by atoms with E-state index in [1.807, 2.05) is 19.9 Å². The molecule has 0 heterocycles. The Morgan fingerprint density at radius 1 is 1.13 bits per heavy atom. The van der Waals surface area contributed by atoms with Crippen LogP contribution in [0.25, 0.3) is 0 Å². The second-order valence-corrected chi connectivity index (χ2v) is 6.84. The van der Waals surface area contributed by atoms with E-state index in [-0.39, 0.29) is 4.90 Å². The minimum atomic E-state index is -3.94. The predicted molar refractivity (Wildman–Crippen MR) is 86.1 cm³/mol. The van der Waals surface area contributed by atoms with Crippen LogP contribution in [0.5, 0.6) is 0 Å². The van der Waals surface area contributed by atoms with Crippen LogP contribution in [0.3, 0.4) is 0 Å². The number of carbonyl (C=O) groups is 1. The summed E-state index contributed by atoms with van der Waals surface area (Å²) in [5, 5.41) is 2.65. The number of nitrogens with one attached hydrogen (secondary N) is 2. The van der Waals surface area contributed by atoms with Crippen LogP contribution in [0.1, 0.15) is 11.1 Å². The SMILES string of the molecule is Cc1cccc(NC(=O)CNS(=O)(=O)c2cccc(F)c2)c1C. The normalized spacial score (nSPS) is 11.3. The maximum Gasteiger partial charge on any atom is 0.241 e. The van der Waals surface area contributed by atoms with E-state index in [9.17, 15) is 17.6 Å². The third kappa shape index (κ3) is 4.37. The number of anilines is 1. The summed E-state index contributed by atoms with van der Waals surface area (Å²) in [4.78, 5) is 11.7. The number of halogens is 1. The van der Waals surface area contributed by atoms with Crippen molar-refractivity contribution in [3.63, 3.8) is 0 Å². The molecule has 0 aliphatic carbocycles. The van der Waals surface area contributed by atoms with Crippen LogP contribution in [0, 0.1) is 19.7 Å². The average molecular weight is 336 g/mol. The Bertz CT molecular complexity index is 835. The van der Waals surface area contributed by atoms with Gasteiger partial charge in [-0.3, -0.25) is 4.79 Å². The van der Waals surface area contributed by atoms with E-state index in [2.05, 4.69) is 10.0 Å². The van der Waals surface area contributed by atoms with Crippen molar-refractivity contribution in [2.45, 2.75) is 18.7 Å². The molecule has 0 radical (unpaired) electrons. The summed E-state index contributed by atoms with van der Waals surface area (Å²) in [6.07, 6.45) is 0. The Morgan fingerprint density at radius 2 is 1.83 bits per heavy atom. The highest BCUT2D eigenvalue weighted by atomic mass is 32.2. The number of sulfonamides is 1. The van der Waals surface area contributed by atoms with Crippen LogP contribution >= 0.6 is 0 Å². The molecule has 1 amide bonds. The van der Waals surface area contributed by atoms with Crippen molar-refractivity contribution in [2.24, 2.45) is 0 Å². The minimum absolute atomic E-state index is 0.225. The second kappa shape index (κ2) is 6.89. The Kier molecular flexibility index (Phi) is 5.12. The van der Waals surface area contributed by atoms with Gasteiger partial charge in [-0.05, 0) is 49.2 Å². The molecule has 2 aromatic carbocycles. The molecule has 0 aromatic heterocycles. The number of carbonyl (C=O) groups excluding carboxylic acids is 1. The van der Waals surface area contributed by atoms with Gasteiger partial charge in [0.05, 0.1) is 11.4 Å². The molecule has 2 N–H and O–H groups in total. The molecule has 0 saturated heterocycles. The average Bonchev–Trinajstić information content (AvgIpc) is 2.50.